The van der Waals surface area contributed by atoms with E-state index in [1.807, 2.05) is 0 Å². The van der Waals surface area contributed by atoms with Gasteiger partial charge in [0.25, 0.3) is 0 Å². The van der Waals surface area contributed by atoms with Crippen LogP contribution in [0.5, 0.6) is 0 Å². The standard InChI is InChI=1S/C20H31N3O3S/c1-20(2,3)16-21-12-14-22(15-13-21)27(25,26)18-9-7-17(8-10-18)23-11-5-4-6-19(23)24/h7-10H,4-6,11-16H2,1-3H3. The quantitative estimate of drug-likeness (QED) is 0.789. The number of rotatable bonds is 4. The average molecular weight is 394 g/mol. The molecular weight excluding hydrogens is 362 g/mol. The van der Waals surface area contributed by atoms with Gasteiger partial charge < -0.3 is 9.80 Å². The van der Waals surface area contributed by atoms with E-state index < -0.39 is 10.0 Å². The van der Waals surface area contributed by atoms with Gasteiger partial charge in [0.05, 0.1) is 4.90 Å². The highest BCUT2D eigenvalue weighted by Gasteiger charge is 2.30. The molecule has 0 radical (unpaired) electrons. The first-order chi connectivity index (χ1) is 12.7. The molecule has 1 amide bonds. The normalized spacial score (nSPS) is 20.9. The van der Waals surface area contributed by atoms with Crippen LogP contribution in [0.4, 0.5) is 5.69 Å². The molecule has 2 fully saturated rings. The van der Waals surface area contributed by atoms with Crippen LogP contribution in [0.15, 0.2) is 29.2 Å². The van der Waals surface area contributed by atoms with Crippen LogP contribution >= 0.6 is 0 Å². The van der Waals surface area contributed by atoms with E-state index in [9.17, 15) is 13.2 Å². The van der Waals surface area contributed by atoms with Crippen molar-refractivity contribution in [3.8, 4) is 0 Å². The van der Waals surface area contributed by atoms with Crippen LogP contribution in [0, 0.1) is 5.41 Å². The average Bonchev–Trinajstić information content (AvgIpc) is 2.61. The Bertz CT molecular complexity index is 761. The summed E-state index contributed by atoms with van der Waals surface area (Å²) in [5.41, 5.74) is 0.997. The largest absolute Gasteiger partial charge is 0.312 e. The first-order valence-corrected chi connectivity index (χ1v) is 11.2. The maximum Gasteiger partial charge on any atom is 0.243 e. The lowest BCUT2D eigenvalue weighted by Gasteiger charge is -2.37. The predicted molar refractivity (Wildman–Crippen MR) is 107 cm³/mol. The summed E-state index contributed by atoms with van der Waals surface area (Å²) in [6, 6.07) is 6.78. The Hall–Kier alpha value is -1.44. The van der Waals surface area contributed by atoms with Gasteiger partial charge in [0, 0.05) is 51.4 Å². The maximum absolute atomic E-state index is 13.0. The minimum absolute atomic E-state index is 0.117. The van der Waals surface area contributed by atoms with Crippen molar-refractivity contribution in [2.45, 2.75) is 44.9 Å². The van der Waals surface area contributed by atoms with Crippen molar-refractivity contribution in [1.29, 1.82) is 0 Å². The van der Waals surface area contributed by atoms with Gasteiger partial charge in [0.1, 0.15) is 0 Å². The second-order valence-electron chi connectivity index (χ2n) is 8.74. The summed E-state index contributed by atoms with van der Waals surface area (Å²) in [4.78, 5) is 16.4. The predicted octanol–water partition coefficient (Wildman–Crippen LogP) is 2.56. The summed E-state index contributed by atoms with van der Waals surface area (Å²) in [5.74, 6) is 0.117. The second kappa shape index (κ2) is 7.89. The number of piperidine rings is 1. The Balaban J connectivity index is 1.66. The topological polar surface area (TPSA) is 60.9 Å². The summed E-state index contributed by atoms with van der Waals surface area (Å²) in [5, 5.41) is 0. The molecule has 2 saturated heterocycles. The molecule has 6 nitrogen and oxygen atoms in total. The molecule has 0 unspecified atom stereocenters. The number of carbonyl (C=O) groups is 1. The third-order valence-electron chi connectivity index (χ3n) is 5.14. The van der Waals surface area contributed by atoms with E-state index in [0.29, 0.717) is 31.0 Å². The molecule has 1 aromatic rings. The Kier molecular flexibility index (Phi) is 5.93. The highest BCUT2D eigenvalue weighted by molar-refractivity contribution is 7.89. The van der Waals surface area contributed by atoms with E-state index in [-0.39, 0.29) is 11.3 Å². The highest BCUT2D eigenvalue weighted by atomic mass is 32.2. The molecule has 150 valence electrons. The Morgan fingerprint density at radius 3 is 2.11 bits per heavy atom. The molecule has 0 aromatic heterocycles. The number of piperazine rings is 1. The molecule has 7 heteroatoms. The molecule has 27 heavy (non-hydrogen) atoms. The van der Waals surface area contributed by atoms with Gasteiger partial charge in [-0.2, -0.15) is 4.31 Å². The molecule has 3 rings (SSSR count). The molecule has 2 aliphatic heterocycles. The van der Waals surface area contributed by atoms with Gasteiger partial charge in [0.2, 0.25) is 15.9 Å². The lowest BCUT2D eigenvalue weighted by atomic mass is 9.96. The van der Waals surface area contributed by atoms with Crippen LogP contribution in [0.25, 0.3) is 0 Å². The van der Waals surface area contributed by atoms with Crippen molar-refractivity contribution < 1.29 is 13.2 Å². The molecular formula is C20H31N3O3S. The molecule has 0 saturated carbocycles. The van der Waals surface area contributed by atoms with E-state index in [0.717, 1.165) is 38.2 Å². The number of hydrogen-bond acceptors (Lipinski definition) is 4. The Morgan fingerprint density at radius 2 is 1.56 bits per heavy atom. The lowest BCUT2D eigenvalue weighted by Crippen LogP contribution is -2.50. The van der Waals surface area contributed by atoms with Gasteiger partial charge in [0.15, 0.2) is 0 Å². The number of sulfonamides is 1. The van der Waals surface area contributed by atoms with E-state index in [4.69, 9.17) is 0 Å². The van der Waals surface area contributed by atoms with E-state index in [1.54, 1.807) is 33.5 Å². The van der Waals surface area contributed by atoms with Crippen LogP contribution in [-0.2, 0) is 14.8 Å². The third kappa shape index (κ3) is 4.89. The number of amides is 1. The van der Waals surface area contributed by atoms with Crippen molar-refractivity contribution in [3.05, 3.63) is 24.3 Å². The zero-order chi connectivity index (χ0) is 19.7. The number of benzene rings is 1. The van der Waals surface area contributed by atoms with Crippen LogP contribution < -0.4 is 4.90 Å². The lowest BCUT2D eigenvalue weighted by molar-refractivity contribution is -0.119. The summed E-state index contributed by atoms with van der Waals surface area (Å²) in [6.45, 7) is 10.8. The minimum atomic E-state index is -3.49. The van der Waals surface area contributed by atoms with Gasteiger partial charge >= 0.3 is 0 Å². The third-order valence-corrected chi connectivity index (χ3v) is 7.05. The monoisotopic (exact) mass is 393 g/mol. The summed E-state index contributed by atoms with van der Waals surface area (Å²) in [6.07, 6.45) is 2.49. The fraction of sp³-hybridized carbons (Fsp3) is 0.650. The first-order valence-electron chi connectivity index (χ1n) is 9.80. The molecule has 0 spiro atoms. The first kappa shape index (κ1) is 20.3. The van der Waals surface area contributed by atoms with Crippen molar-refractivity contribution >= 4 is 21.6 Å². The van der Waals surface area contributed by atoms with Crippen LogP contribution in [0.3, 0.4) is 0 Å². The molecule has 0 atom stereocenters. The minimum Gasteiger partial charge on any atom is -0.312 e. The zero-order valence-electron chi connectivity index (χ0n) is 16.6. The zero-order valence-corrected chi connectivity index (χ0v) is 17.5. The molecule has 0 aliphatic carbocycles. The second-order valence-corrected chi connectivity index (χ2v) is 10.7. The molecule has 2 heterocycles. The highest BCUT2D eigenvalue weighted by Crippen LogP contribution is 2.25. The summed E-state index contributed by atoms with van der Waals surface area (Å²) >= 11 is 0. The van der Waals surface area contributed by atoms with Gasteiger partial charge in [-0.1, -0.05) is 20.8 Å². The number of anilines is 1. The van der Waals surface area contributed by atoms with Gasteiger partial charge in [-0.25, -0.2) is 8.42 Å². The van der Waals surface area contributed by atoms with Crippen LogP contribution in [-0.4, -0.2) is 62.8 Å². The van der Waals surface area contributed by atoms with Crippen LogP contribution in [0.1, 0.15) is 40.0 Å². The van der Waals surface area contributed by atoms with Crippen molar-refractivity contribution in [2.24, 2.45) is 5.41 Å². The Labute approximate surface area is 163 Å². The molecule has 0 N–H and O–H groups in total. The molecule has 1 aromatic carbocycles. The van der Waals surface area contributed by atoms with Gasteiger partial charge in [-0.15, -0.1) is 0 Å². The van der Waals surface area contributed by atoms with Crippen molar-refractivity contribution in [2.75, 3.05) is 44.2 Å². The summed E-state index contributed by atoms with van der Waals surface area (Å²) in [7, 11) is -3.49. The number of hydrogen-bond donors (Lipinski definition) is 0. The summed E-state index contributed by atoms with van der Waals surface area (Å²) < 4.78 is 27.5. The van der Waals surface area contributed by atoms with Crippen LogP contribution in [0.2, 0.25) is 0 Å². The SMILES string of the molecule is CC(C)(C)CN1CCN(S(=O)(=O)c2ccc(N3CCCCC3=O)cc2)CC1. The van der Waals surface area contributed by atoms with Crippen molar-refractivity contribution in [3.63, 3.8) is 0 Å². The van der Waals surface area contributed by atoms with Gasteiger partial charge in [-0.3, -0.25) is 4.79 Å². The smallest absolute Gasteiger partial charge is 0.243 e. The van der Waals surface area contributed by atoms with E-state index in [2.05, 4.69) is 25.7 Å². The fourth-order valence-corrected chi connectivity index (χ4v) is 5.25. The number of carbonyl (C=O) groups excluding carboxylic acids is 1. The maximum atomic E-state index is 13.0. The van der Waals surface area contributed by atoms with Gasteiger partial charge in [-0.05, 0) is 42.5 Å². The molecule has 0 bridgehead atoms. The van der Waals surface area contributed by atoms with Crippen molar-refractivity contribution in [1.82, 2.24) is 9.21 Å². The Morgan fingerprint density at radius 1 is 0.926 bits per heavy atom. The van der Waals surface area contributed by atoms with E-state index >= 15 is 0 Å². The van der Waals surface area contributed by atoms with E-state index in [1.165, 1.54) is 0 Å². The number of nitrogens with zero attached hydrogens (tertiary/aromatic N) is 3. The molecule has 2 aliphatic rings. The fourth-order valence-electron chi connectivity index (χ4n) is 3.82.